The summed E-state index contributed by atoms with van der Waals surface area (Å²) in [6.07, 6.45) is -0.513. The molecular weight excluding hydrogens is 308 g/mol. The summed E-state index contributed by atoms with van der Waals surface area (Å²) in [6.45, 7) is 2.07. The zero-order valence-electron chi connectivity index (χ0n) is 13.4. The second kappa shape index (κ2) is 8.62. The van der Waals surface area contributed by atoms with Gasteiger partial charge in [-0.3, -0.25) is 9.59 Å². The van der Waals surface area contributed by atoms with Crippen molar-refractivity contribution < 1.29 is 23.9 Å². The van der Waals surface area contributed by atoms with Crippen molar-refractivity contribution in [2.24, 2.45) is 0 Å². The van der Waals surface area contributed by atoms with Gasteiger partial charge >= 0.3 is 5.97 Å². The number of rotatable bonds is 8. The fraction of sp³-hybridized carbons (Fsp3) is 0.211. The Labute approximate surface area is 140 Å². The zero-order chi connectivity index (χ0) is 17.4. The lowest BCUT2D eigenvalue weighted by molar-refractivity contribution is -0.153. The van der Waals surface area contributed by atoms with Crippen molar-refractivity contribution >= 4 is 17.5 Å². The fourth-order valence-electron chi connectivity index (χ4n) is 2.03. The molecule has 0 radical (unpaired) electrons. The van der Waals surface area contributed by atoms with E-state index in [9.17, 15) is 14.4 Å². The second-order valence-corrected chi connectivity index (χ2v) is 5.05. The molecule has 0 fully saturated rings. The SMILES string of the molecule is CCOC(=O)C(=O)CC(=O)c1cccc(OCc2ccccc2)c1. The first-order valence-corrected chi connectivity index (χ1v) is 7.60. The van der Waals surface area contributed by atoms with Crippen LogP contribution in [-0.2, 0) is 20.9 Å². The third-order valence-corrected chi connectivity index (χ3v) is 3.23. The van der Waals surface area contributed by atoms with E-state index in [1.165, 1.54) is 0 Å². The molecule has 0 aromatic heterocycles. The van der Waals surface area contributed by atoms with E-state index in [1.54, 1.807) is 31.2 Å². The Bertz CT molecular complexity index is 722. The molecule has 2 aromatic carbocycles. The summed E-state index contributed by atoms with van der Waals surface area (Å²) >= 11 is 0. The topological polar surface area (TPSA) is 69.7 Å². The summed E-state index contributed by atoms with van der Waals surface area (Å²) in [7, 11) is 0. The molecule has 0 amide bonds. The van der Waals surface area contributed by atoms with E-state index < -0.39 is 24.0 Å². The van der Waals surface area contributed by atoms with Gasteiger partial charge in [0.05, 0.1) is 13.0 Å². The summed E-state index contributed by atoms with van der Waals surface area (Å²) in [5, 5.41) is 0. The van der Waals surface area contributed by atoms with E-state index in [4.69, 9.17) is 4.74 Å². The molecule has 2 rings (SSSR count). The molecule has 0 aliphatic carbocycles. The van der Waals surface area contributed by atoms with Crippen molar-refractivity contribution in [2.75, 3.05) is 6.61 Å². The molecule has 24 heavy (non-hydrogen) atoms. The largest absolute Gasteiger partial charge is 0.489 e. The summed E-state index contributed by atoms with van der Waals surface area (Å²) in [4.78, 5) is 35.0. The first-order valence-electron chi connectivity index (χ1n) is 7.60. The average Bonchev–Trinajstić information content (AvgIpc) is 2.61. The van der Waals surface area contributed by atoms with Crippen LogP contribution in [0.4, 0.5) is 0 Å². The van der Waals surface area contributed by atoms with E-state index in [0.717, 1.165) is 5.56 Å². The van der Waals surface area contributed by atoms with Crippen molar-refractivity contribution in [3.63, 3.8) is 0 Å². The fourth-order valence-corrected chi connectivity index (χ4v) is 2.03. The van der Waals surface area contributed by atoms with Gasteiger partial charge in [-0.15, -0.1) is 0 Å². The van der Waals surface area contributed by atoms with Gasteiger partial charge in [0.15, 0.2) is 5.78 Å². The summed E-state index contributed by atoms with van der Waals surface area (Å²) < 4.78 is 10.2. The standard InChI is InChI=1S/C19H18O5/c1-2-23-19(22)18(21)12-17(20)15-9-6-10-16(11-15)24-13-14-7-4-3-5-8-14/h3-11H,2,12-13H2,1H3. The number of carbonyl (C=O) groups is 3. The van der Waals surface area contributed by atoms with Gasteiger partial charge < -0.3 is 9.47 Å². The molecular formula is C19H18O5. The molecule has 0 saturated heterocycles. The second-order valence-electron chi connectivity index (χ2n) is 5.05. The van der Waals surface area contributed by atoms with Gasteiger partial charge in [0.2, 0.25) is 5.78 Å². The maximum atomic E-state index is 12.1. The number of ketones is 2. The van der Waals surface area contributed by atoms with Crippen molar-refractivity contribution in [2.45, 2.75) is 20.0 Å². The number of Topliss-reactive ketones (excluding diaryl/α,β-unsaturated/α-hetero) is 2. The Kier molecular flexibility index (Phi) is 6.25. The highest BCUT2D eigenvalue weighted by atomic mass is 16.5. The molecule has 0 atom stereocenters. The van der Waals surface area contributed by atoms with Crippen LogP contribution in [0.3, 0.4) is 0 Å². The summed E-state index contributed by atoms with van der Waals surface area (Å²) in [5.74, 6) is -1.76. The molecule has 124 valence electrons. The van der Waals surface area contributed by atoms with E-state index in [2.05, 4.69) is 4.74 Å². The normalized spacial score (nSPS) is 10.0. The molecule has 5 nitrogen and oxygen atoms in total. The number of carbonyl (C=O) groups excluding carboxylic acids is 3. The predicted molar refractivity (Wildman–Crippen MR) is 87.8 cm³/mol. The van der Waals surface area contributed by atoms with Crippen molar-refractivity contribution in [3.8, 4) is 5.75 Å². The van der Waals surface area contributed by atoms with Gasteiger partial charge in [0, 0.05) is 5.56 Å². The van der Waals surface area contributed by atoms with Crippen LogP contribution in [0.25, 0.3) is 0 Å². The highest BCUT2D eigenvalue weighted by molar-refractivity contribution is 6.38. The molecule has 0 saturated carbocycles. The first kappa shape index (κ1) is 17.4. The van der Waals surface area contributed by atoms with Crippen molar-refractivity contribution in [1.82, 2.24) is 0 Å². The van der Waals surface area contributed by atoms with Crippen LogP contribution in [0.2, 0.25) is 0 Å². The number of hydrogen-bond acceptors (Lipinski definition) is 5. The van der Waals surface area contributed by atoms with E-state index in [1.807, 2.05) is 30.3 Å². The lowest BCUT2D eigenvalue weighted by Gasteiger charge is -2.08. The minimum atomic E-state index is -0.984. The Morgan fingerprint density at radius 3 is 2.42 bits per heavy atom. The van der Waals surface area contributed by atoms with Crippen LogP contribution < -0.4 is 4.74 Å². The quantitative estimate of drug-likeness (QED) is 0.323. The Morgan fingerprint density at radius 2 is 1.71 bits per heavy atom. The smallest absolute Gasteiger partial charge is 0.375 e. The lowest BCUT2D eigenvalue weighted by atomic mass is 10.1. The Hall–Kier alpha value is -2.95. The minimum absolute atomic E-state index is 0.0988. The third-order valence-electron chi connectivity index (χ3n) is 3.23. The molecule has 0 aliphatic rings. The molecule has 2 aromatic rings. The van der Waals surface area contributed by atoms with Crippen LogP contribution in [0.15, 0.2) is 54.6 Å². The Balaban J connectivity index is 1.97. The van der Waals surface area contributed by atoms with E-state index in [-0.39, 0.29) is 6.61 Å². The van der Waals surface area contributed by atoms with Gasteiger partial charge in [0.1, 0.15) is 12.4 Å². The van der Waals surface area contributed by atoms with Crippen LogP contribution in [0.1, 0.15) is 29.3 Å². The molecule has 0 spiro atoms. The van der Waals surface area contributed by atoms with Crippen LogP contribution in [-0.4, -0.2) is 24.1 Å². The van der Waals surface area contributed by atoms with Crippen LogP contribution in [0.5, 0.6) is 5.75 Å². The van der Waals surface area contributed by atoms with E-state index in [0.29, 0.717) is 17.9 Å². The molecule has 0 aliphatic heterocycles. The van der Waals surface area contributed by atoms with Gasteiger partial charge in [-0.25, -0.2) is 4.79 Å². The van der Waals surface area contributed by atoms with Gasteiger partial charge in [-0.1, -0.05) is 42.5 Å². The maximum absolute atomic E-state index is 12.1. The van der Waals surface area contributed by atoms with Crippen molar-refractivity contribution in [3.05, 3.63) is 65.7 Å². The minimum Gasteiger partial charge on any atom is -0.489 e. The zero-order valence-corrected chi connectivity index (χ0v) is 13.4. The van der Waals surface area contributed by atoms with Crippen LogP contribution >= 0.6 is 0 Å². The monoisotopic (exact) mass is 326 g/mol. The van der Waals surface area contributed by atoms with E-state index >= 15 is 0 Å². The summed E-state index contributed by atoms with van der Waals surface area (Å²) in [5.41, 5.74) is 1.32. The van der Waals surface area contributed by atoms with Gasteiger partial charge in [0.25, 0.3) is 0 Å². The highest BCUT2D eigenvalue weighted by Gasteiger charge is 2.20. The molecule has 0 bridgehead atoms. The number of ether oxygens (including phenoxy) is 2. The predicted octanol–water partition coefficient (Wildman–Crippen LogP) is 2.97. The molecule has 5 heteroatoms. The average molecular weight is 326 g/mol. The van der Waals surface area contributed by atoms with Gasteiger partial charge in [-0.2, -0.15) is 0 Å². The molecule has 0 N–H and O–H groups in total. The summed E-state index contributed by atoms with van der Waals surface area (Å²) in [6, 6.07) is 16.2. The molecule has 0 unspecified atom stereocenters. The van der Waals surface area contributed by atoms with Gasteiger partial charge in [-0.05, 0) is 24.6 Å². The number of benzene rings is 2. The third kappa shape index (κ3) is 5.05. The number of esters is 1. The highest BCUT2D eigenvalue weighted by Crippen LogP contribution is 2.16. The first-order chi connectivity index (χ1) is 11.6. The van der Waals surface area contributed by atoms with Crippen molar-refractivity contribution in [1.29, 1.82) is 0 Å². The van der Waals surface area contributed by atoms with Crippen LogP contribution in [0, 0.1) is 0 Å². The Morgan fingerprint density at radius 1 is 0.958 bits per heavy atom. The molecule has 0 heterocycles. The number of hydrogen-bond donors (Lipinski definition) is 0. The lowest BCUT2D eigenvalue weighted by Crippen LogP contribution is -2.20. The maximum Gasteiger partial charge on any atom is 0.375 e.